The number of anilines is 1. The summed E-state index contributed by atoms with van der Waals surface area (Å²) in [5.74, 6) is -3.13. The smallest absolute Gasteiger partial charge is 0.322 e. The average molecular weight is 417 g/mol. The molecule has 1 aromatic rings. The molecule has 1 aromatic carbocycles. The Morgan fingerprint density at radius 3 is 1.88 bits per heavy atom. The normalized spacial score (nSPS) is 12.6. The van der Waals surface area contributed by atoms with Gasteiger partial charge in [-0.2, -0.15) is 0 Å². The number of benzene rings is 1. The van der Waals surface area contributed by atoms with Crippen molar-refractivity contribution in [2.24, 2.45) is 5.92 Å². The molecule has 0 heterocycles. The Labute approximate surface area is 160 Å². The molecule has 0 amide bonds. The van der Waals surface area contributed by atoms with Crippen LogP contribution < -0.4 is 5.32 Å². The third-order valence-electron chi connectivity index (χ3n) is 2.93. The van der Waals surface area contributed by atoms with Gasteiger partial charge in [-0.1, -0.05) is 46.4 Å². The van der Waals surface area contributed by atoms with Gasteiger partial charge in [-0.05, 0) is 38.1 Å². The summed E-state index contributed by atoms with van der Waals surface area (Å²) in [6, 6.07) is 5.27. The monoisotopic (exact) mass is 415 g/mol. The topological polar surface area (TPSA) is 64.6 Å². The highest BCUT2D eigenvalue weighted by Crippen LogP contribution is 2.37. The summed E-state index contributed by atoms with van der Waals surface area (Å²) in [4.78, 5) is 24.5. The molecule has 1 rings (SSSR count). The molecule has 1 unspecified atom stereocenters. The van der Waals surface area contributed by atoms with Gasteiger partial charge in [0.25, 0.3) is 0 Å². The number of esters is 2. The van der Waals surface area contributed by atoms with Crippen LogP contribution in [0.2, 0.25) is 5.02 Å². The van der Waals surface area contributed by atoms with Crippen LogP contribution in [0, 0.1) is 5.92 Å². The first-order valence-corrected chi connectivity index (χ1v) is 8.64. The predicted octanol–water partition coefficient (Wildman–Crippen LogP) is 4.23. The fourth-order valence-electron chi connectivity index (χ4n) is 1.91. The number of halogens is 4. The Morgan fingerprint density at radius 1 is 1.04 bits per heavy atom. The fourth-order valence-corrected chi connectivity index (χ4v) is 2.58. The van der Waals surface area contributed by atoms with Crippen LogP contribution in [0.5, 0.6) is 0 Å². The maximum Gasteiger partial charge on any atom is 0.322 e. The minimum absolute atomic E-state index is 0.0717. The summed E-state index contributed by atoms with van der Waals surface area (Å²) in [7, 11) is 0. The maximum absolute atomic E-state index is 12.2. The van der Waals surface area contributed by atoms with Crippen molar-refractivity contribution in [3.63, 3.8) is 0 Å². The van der Waals surface area contributed by atoms with E-state index in [1.807, 2.05) is 0 Å². The molecule has 0 aliphatic carbocycles. The molecule has 0 aliphatic rings. The third kappa shape index (κ3) is 6.20. The van der Waals surface area contributed by atoms with Crippen molar-refractivity contribution in [3.05, 3.63) is 29.3 Å². The Bertz CT molecular complexity index is 542. The number of hydrogen-bond donors (Lipinski definition) is 1. The van der Waals surface area contributed by atoms with Crippen molar-refractivity contribution in [3.8, 4) is 0 Å². The molecule has 9 heteroatoms. The number of hydrogen-bond acceptors (Lipinski definition) is 5. The first-order chi connectivity index (χ1) is 11.2. The van der Waals surface area contributed by atoms with Gasteiger partial charge in [0, 0.05) is 10.7 Å². The molecule has 0 fully saturated rings. The first-order valence-electron chi connectivity index (χ1n) is 7.12. The van der Waals surface area contributed by atoms with E-state index in [0.717, 1.165) is 0 Å². The molecular weight excluding hydrogens is 400 g/mol. The van der Waals surface area contributed by atoms with Gasteiger partial charge in [0.1, 0.15) is 0 Å². The third-order valence-corrected chi connectivity index (χ3v) is 3.89. The summed E-state index contributed by atoms with van der Waals surface area (Å²) >= 11 is 23.8. The van der Waals surface area contributed by atoms with Crippen LogP contribution >= 0.6 is 46.4 Å². The lowest BCUT2D eigenvalue weighted by Gasteiger charge is -2.31. The van der Waals surface area contributed by atoms with Crippen LogP contribution in [-0.4, -0.2) is 35.0 Å². The Balaban J connectivity index is 3.18. The van der Waals surface area contributed by atoms with E-state index in [1.165, 1.54) is 0 Å². The molecule has 0 aromatic heterocycles. The molecule has 0 radical (unpaired) electrons. The second-order valence-corrected chi connectivity index (χ2v) is 7.46. The first kappa shape index (κ1) is 21.2. The Hall–Kier alpha value is -0.880. The largest absolute Gasteiger partial charge is 0.465 e. The summed E-state index contributed by atoms with van der Waals surface area (Å²) < 4.78 is 7.87. The highest BCUT2D eigenvalue weighted by Gasteiger charge is 2.48. The van der Waals surface area contributed by atoms with Gasteiger partial charge in [0.2, 0.25) is 3.79 Å². The number of carbonyl (C=O) groups excluding carboxylic acids is 2. The van der Waals surface area contributed by atoms with Crippen molar-refractivity contribution >= 4 is 64.0 Å². The predicted molar refractivity (Wildman–Crippen MR) is 95.9 cm³/mol. The highest BCUT2D eigenvalue weighted by molar-refractivity contribution is 6.68. The molecule has 5 nitrogen and oxygen atoms in total. The van der Waals surface area contributed by atoms with Crippen molar-refractivity contribution in [2.75, 3.05) is 18.5 Å². The number of ether oxygens (including phenoxy) is 2. The van der Waals surface area contributed by atoms with Crippen LogP contribution in [-0.2, 0) is 19.1 Å². The van der Waals surface area contributed by atoms with Gasteiger partial charge < -0.3 is 14.8 Å². The average Bonchev–Trinajstić information content (AvgIpc) is 2.48. The zero-order valence-electron chi connectivity index (χ0n) is 13.0. The molecular formula is C15H17Cl4NO4. The molecule has 0 aliphatic heterocycles. The van der Waals surface area contributed by atoms with Crippen molar-refractivity contribution in [2.45, 2.75) is 23.7 Å². The van der Waals surface area contributed by atoms with E-state index in [1.54, 1.807) is 38.1 Å². The van der Waals surface area contributed by atoms with E-state index in [4.69, 9.17) is 55.9 Å². The molecule has 0 saturated carbocycles. The SMILES string of the molecule is CCOC(=O)C(C(=O)OCC)C(Nc1ccc(Cl)cc1)C(Cl)(Cl)Cl. The zero-order chi connectivity index (χ0) is 18.3. The number of nitrogens with one attached hydrogen (secondary N) is 1. The molecule has 0 saturated heterocycles. The summed E-state index contributed by atoms with van der Waals surface area (Å²) in [6.45, 7) is 3.36. The second kappa shape index (κ2) is 9.56. The van der Waals surface area contributed by atoms with Crippen LogP contribution in [0.3, 0.4) is 0 Å². The number of alkyl halides is 3. The van der Waals surface area contributed by atoms with E-state index >= 15 is 0 Å². The Kier molecular flexibility index (Phi) is 8.43. The van der Waals surface area contributed by atoms with Crippen LogP contribution in [0.4, 0.5) is 5.69 Å². The van der Waals surface area contributed by atoms with Crippen molar-refractivity contribution < 1.29 is 19.1 Å². The number of carbonyl (C=O) groups is 2. The molecule has 0 bridgehead atoms. The van der Waals surface area contributed by atoms with Crippen LogP contribution in [0.25, 0.3) is 0 Å². The van der Waals surface area contributed by atoms with E-state index < -0.39 is 27.7 Å². The van der Waals surface area contributed by atoms with E-state index in [9.17, 15) is 9.59 Å². The molecule has 24 heavy (non-hydrogen) atoms. The lowest BCUT2D eigenvalue weighted by Crippen LogP contribution is -2.49. The molecule has 1 N–H and O–H groups in total. The number of rotatable bonds is 7. The quantitative estimate of drug-likeness (QED) is 0.409. The summed E-state index contributed by atoms with van der Waals surface area (Å²) in [5, 5.41) is 3.38. The fraction of sp³-hybridized carbons (Fsp3) is 0.467. The molecule has 0 spiro atoms. The Morgan fingerprint density at radius 2 is 1.50 bits per heavy atom. The van der Waals surface area contributed by atoms with Crippen molar-refractivity contribution in [1.82, 2.24) is 0 Å². The standard InChI is InChI=1S/C15H17Cl4NO4/c1-3-23-13(21)11(14(22)24-4-2)12(15(17,18)19)20-10-7-5-9(16)6-8-10/h5-8,11-12,20H,3-4H2,1-2H3. The van der Waals surface area contributed by atoms with Crippen LogP contribution in [0.15, 0.2) is 24.3 Å². The van der Waals surface area contributed by atoms with Gasteiger partial charge in [-0.25, -0.2) is 0 Å². The van der Waals surface area contributed by atoms with Gasteiger partial charge in [0.05, 0.1) is 19.3 Å². The van der Waals surface area contributed by atoms with Crippen LogP contribution in [0.1, 0.15) is 13.8 Å². The molecule has 134 valence electrons. The van der Waals surface area contributed by atoms with Gasteiger partial charge >= 0.3 is 11.9 Å². The van der Waals surface area contributed by atoms with Gasteiger partial charge in [-0.3, -0.25) is 9.59 Å². The summed E-state index contributed by atoms with van der Waals surface area (Å²) in [5.41, 5.74) is 0.509. The lowest BCUT2D eigenvalue weighted by atomic mass is 10.0. The lowest BCUT2D eigenvalue weighted by molar-refractivity contribution is -0.162. The molecule has 1 atom stereocenters. The van der Waals surface area contributed by atoms with Gasteiger partial charge in [-0.15, -0.1) is 0 Å². The van der Waals surface area contributed by atoms with E-state index in [-0.39, 0.29) is 13.2 Å². The zero-order valence-corrected chi connectivity index (χ0v) is 16.0. The summed E-state index contributed by atoms with van der Waals surface area (Å²) in [6.07, 6.45) is 0. The van der Waals surface area contributed by atoms with Gasteiger partial charge in [0.15, 0.2) is 5.92 Å². The minimum atomic E-state index is -1.98. The van der Waals surface area contributed by atoms with E-state index in [2.05, 4.69) is 5.32 Å². The minimum Gasteiger partial charge on any atom is -0.465 e. The maximum atomic E-state index is 12.2. The second-order valence-electron chi connectivity index (χ2n) is 4.65. The van der Waals surface area contributed by atoms with E-state index in [0.29, 0.717) is 10.7 Å². The highest BCUT2D eigenvalue weighted by atomic mass is 35.6. The van der Waals surface area contributed by atoms with Crippen molar-refractivity contribution in [1.29, 1.82) is 0 Å².